The fraction of sp³-hybridized carbons (Fsp3) is 0.500. The molecule has 15 heavy (non-hydrogen) atoms. The molecule has 1 fully saturated rings. The van der Waals surface area contributed by atoms with Gasteiger partial charge in [-0.3, -0.25) is 4.90 Å². The Morgan fingerprint density at radius 3 is 2.93 bits per heavy atom. The Labute approximate surface area is 90.0 Å². The monoisotopic (exact) mass is 207 g/mol. The number of β-amino-alcohol motifs (C(OH)–C–C–N with tert-alkyl or cyclic N) is 1. The van der Waals surface area contributed by atoms with E-state index in [4.69, 9.17) is 0 Å². The molecule has 3 nitrogen and oxygen atoms in total. The first-order valence-corrected chi connectivity index (χ1v) is 5.34. The second kappa shape index (κ2) is 4.21. The number of hydrogen-bond donors (Lipinski definition) is 2. The van der Waals surface area contributed by atoms with Crippen molar-refractivity contribution >= 4 is 0 Å². The lowest BCUT2D eigenvalue weighted by Crippen LogP contribution is -2.21. The Bertz CT molecular complexity index is 351. The van der Waals surface area contributed by atoms with Crippen molar-refractivity contribution in [2.75, 3.05) is 13.1 Å². The summed E-state index contributed by atoms with van der Waals surface area (Å²) in [6.07, 6.45) is 0.643. The number of phenols is 1. The number of nitrogens with zero attached hydrogens (tertiary/aromatic N) is 1. The molecule has 82 valence electrons. The molecule has 0 aromatic heterocycles. The van der Waals surface area contributed by atoms with Gasteiger partial charge in [0.15, 0.2) is 0 Å². The standard InChI is InChI=1S/C12H17NO2/c1-9-3-2-4-10(12(9)15)7-13-6-5-11(14)8-13/h2-4,11,14-15H,5-8H2,1H3/t11-/m0/s1. The third-order valence-electron chi connectivity index (χ3n) is 2.96. The minimum Gasteiger partial charge on any atom is -0.507 e. The van der Waals surface area contributed by atoms with Gasteiger partial charge in [-0.25, -0.2) is 0 Å². The second-order valence-electron chi connectivity index (χ2n) is 4.26. The molecule has 0 spiro atoms. The number of para-hydroxylation sites is 1. The van der Waals surface area contributed by atoms with E-state index in [1.54, 1.807) is 0 Å². The Morgan fingerprint density at radius 1 is 1.47 bits per heavy atom. The van der Waals surface area contributed by atoms with Gasteiger partial charge in [0, 0.05) is 25.2 Å². The molecule has 1 heterocycles. The molecule has 0 aliphatic carbocycles. The molecule has 3 heteroatoms. The zero-order valence-electron chi connectivity index (χ0n) is 8.98. The summed E-state index contributed by atoms with van der Waals surface area (Å²) in [4.78, 5) is 2.17. The third-order valence-corrected chi connectivity index (χ3v) is 2.96. The first-order chi connectivity index (χ1) is 7.16. The van der Waals surface area contributed by atoms with Crippen LogP contribution in [-0.2, 0) is 6.54 Å². The summed E-state index contributed by atoms with van der Waals surface area (Å²) >= 11 is 0. The zero-order valence-corrected chi connectivity index (χ0v) is 8.98. The highest BCUT2D eigenvalue weighted by Gasteiger charge is 2.20. The minimum atomic E-state index is -0.197. The number of phenolic OH excluding ortho intramolecular Hbond substituents is 1. The molecule has 1 saturated heterocycles. The molecule has 1 aromatic carbocycles. The van der Waals surface area contributed by atoms with Crippen LogP contribution in [0.5, 0.6) is 5.75 Å². The van der Waals surface area contributed by atoms with Crippen LogP contribution in [0.1, 0.15) is 17.5 Å². The topological polar surface area (TPSA) is 43.7 Å². The number of aryl methyl sites for hydroxylation is 1. The van der Waals surface area contributed by atoms with Gasteiger partial charge in [-0.2, -0.15) is 0 Å². The molecule has 1 aliphatic rings. The van der Waals surface area contributed by atoms with E-state index in [1.165, 1.54) is 0 Å². The van der Waals surface area contributed by atoms with Crippen molar-refractivity contribution < 1.29 is 10.2 Å². The van der Waals surface area contributed by atoms with Crippen LogP contribution in [0, 0.1) is 6.92 Å². The number of hydrogen-bond acceptors (Lipinski definition) is 3. The highest BCUT2D eigenvalue weighted by Crippen LogP contribution is 2.24. The van der Waals surface area contributed by atoms with Crippen LogP contribution >= 0.6 is 0 Å². The Hall–Kier alpha value is -1.06. The predicted molar refractivity (Wildman–Crippen MR) is 58.7 cm³/mol. The molecule has 0 bridgehead atoms. The van der Waals surface area contributed by atoms with Crippen molar-refractivity contribution in [2.45, 2.75) is 26.0 Å². The maximum atomic E-state index is 9.83. The fourth-order valence-electron chi connectivity index (χ4n) is 2.04. The molecule has 2 N–H and O–H groups in total. The Balaban J connectivity index is 2.07. The van der Waals surface area contributed by atoms with Gasteiger partial charge in [-0.05, 0) is 18.9 Å². The van der Waals surface area contributed by atoms with Gasteiger partial charge in [0.25, 0.3) is 0 Å². The number of aliphatic hydroxyl groups excluding tert-OH is 1. The smallest absolute Gasteiger partial charge is 0.122 e. The molecule has 1 aromatic rings. The van der Waals surface area contributed by atoms with Crippen molar-refractivity contribution in [3.8, 4) is 5.75 Å². The summed E-state index contributed by atoms with van der Waals surface area (Å²) in [6, 6.07) is 5.79. The molecular weight excluding hydrogens is 190 g/mol. The number of likely N-dealkylation sites (tertiary alicyclic amines) is 1. The lowest BCUT2D eigenvalue weighted by Gasteiger charge is -2.16. The van der Waals surface area contributed by atoms with E-state index in [1.807, 2.05) is 25.1 Å². The number of aliphatic hydroxyl groups is 1. The third kappa shape index (κ3) is 2.30. The van der Waals surface area contributed by atoms with Gasteiger partial charge in [-0.15, -0.1) is 0 Å². The van der Waals surface area contributed by atoms with Crippen LogP contribution in [0.15, 0.2) is 18.2 Å². The summed E-state index contributed by atoms with van der Waals surface area (Å²) in [5, 5.41) is 19.2. The highest BCUT2D eigenvalue weighted by molar-refractivity contribution is 5.39. The maximum Gasteiger partial charge on any atom is 0.122 e. The molecular formula is C12H17NO2. The van der Waals surface area contributed by atoms with Crippen molar-refractivity contribution in [3.05, 3.63) is 29.3 Å². The summed E-state index contributed by atoms with van der Waals surface area (Å²) in [5.74, 6) is 0.388. The van der Waals surface area contributed by atoms with Gasteiger partial charge in [-0.1, -0.05) is 18.2 Å². The molecule has 0 radical (unpaired) electrons. The van der Waals surface area contributed by atoms with Gasteiger partial charge < -0.3 is 10.2 Å². The van der Waals surface area contributed by atoms with Crippen LogP contribution in [0.3, 0.4) is 0 Å². The van der Waals surface area contributed by atoms with Crippen LogP contribution in [0.4, 0.5) is 0 Å². The molecule has 0 amide bonds. The maximum absolute atomic E-state index is 9.83. The van der Waals surface area contributed by atoms with Gasteiger partial charge >= 0.3 is 0 Å². The highest BCUT2D eigenvalue weighted by atomic mass is 16.3. The first kappa shape index (κ1) is 10.5. The van der Waals surface area contributed by atoms with Crippen LogP contribution in [0.2, 0.25) is 0 Å². The fourth-order valence-corrected chi connectivity index (χ4v) is 2.04. The van der Waals surface area contributed by atoms with Crippen molar-refractivity contribution in [1.29, 1.82) is 0 Å². The molecule has 0 unspecified atom stereocenters. The van der Waals surface area contributed by atoms with Crippen LogP contribution in [-0.4, -0.2) is 34.3 Å². The lowest BCUT2D eigenvalue weighted by atomic mass is 10.1. The average Bonchev–Trinajstić information content (AvgIpc) is 2.59. The summed E-state index contributed by atoms with van der Waals surface area (Å²) in [5.41, 5.74) is 1.86. The van der Waals surface area contributed by atoms with Crippen LogP contribution < -0.4 is 0 Å². The summed E-state index contributed by atoms with van der Waals surface area (Å²) in [6.45, 7) is 4.25. The van der Waals surface area contributed by atoms with Gasteiger partial charge in [0.05, 0.1) is 6.10 Å². The molecule has 1 atom stereocenters. The largest absolute Gasteiger partial charge is 0.507 e. The average molecular weight is 207 g/mol. The number of rotatable bonds is 2. The van der Waals surface area contributed by atoms with Crippen molar-refractivity contribution in [3.63, 3.8) is 0 Å². The van der Waals surface area contributed by atoms with E-state index in [0.717, 1.165) is 30.6 Å². The first-order valence-electron chi connectivity index (χ1n) is 5.34. The van der Waals surface area contributed by atoms with E-state index in [0.29, 0.717) is 12.3 Å². The quantitative estimate of drug-likeness (QED) is 0.767. The van der Waals surface area contributed by atoms with E-state index in [9.17, 15) is 10.2 Å². The van der Waals surface area contributed by atoms with Gasteiger partial charge in [0.2, 0.25) is 0 Å². The lowest BCUT2D eigenvalue weighted by molar-refractivity contribution is 0.174. The summed E-state index contributed by atoms with van der Waals surface area (Å²) < 4.78 is 0. The number of benzene rings is 1. The predicted octanol–water partition coefficient (Wildman–Crippen LogP) is 1.27. The normalized spacial score (nSPS) is 22.1. The number of aromatic hydroxyl groups is 1. The van der Waals surface area contributed by atoms with Crippen molar-refractivity contribution in [2.24, 2.45) is 0 Å². The SMILES string of the molecule is Cc1cccc(CN2CC[C@H](O)C2)c1O. The summed E-state index contributed by atoms with van der Waals surface area (Å²) in [7, 11) is 0. The Kier molecular flexibility index (Phi) is 2.93. The van der Waals surface area contributed by atoms with E-state index >= 15 is 0 Å². The van der Waals surface area contributed by atoms with Crippen LogP contribution in [0.25, 0.3) is 0 Å². The second-order valence-corrected chi connectivity index (χ2v) is 4.26. The minimum absolute atomic E-state index is 0.197. The molecule has 1 aliphatic heterocycles. The van der Waals surface area contributed by atoms with E-state index < -0.39 is 0 Å². The van der Waals surface area contributed by atoms with E-state index in [-0.39, 0.29) is 6.10 Å². The van der Waals surface area contributed by atoms with E-state index in [2.05, 4.69) is 4.90 Å². The molecule has 0 saturated carbocycles. The Morgan fingerprint density at radius 2 is 2.27 bits per heavy atom. The van der Waals surface area contributed by atoms with Crippen molar-refractivity contribution in [1.82, 2.24) is 4.90 Å². The zero-order chi connectivity index (χ0) is 10.8. The molecule has 2 rings (SSSR count). The van der Waals surface area contributed by atoms with Gasteiger partial charge in [0.1, 0.15) is 5.75 Å².